The summed E-state index contributed by atoms with van der Waals surface area (Å²) in [6.07, 6.45) is 2.57. The molecule has 0 saturated carbocycles. The minimum atomic E-state index is -0.239. The summed E-state index contributed by atoms with van der Waals surface area (Å²) in [7, 11) is 0. The van der Waals surface area contributed by atoms with Gasteiger partial charge < -0.3 is 19.7 Å². The molecular formula is C15H27N3O4. The number of hydrogen-bond acceptors (Lipinski definition) is 5. The first-order valence-corrected chi connectivity index (χ1v) is 8.21. The summed E-state index contributed by atoms with van der Waals surface area (Å²) in [5, 5.41) is 2.93. The van der Waals surface area contributed by atoms with Crippen molar-refractivity contribution in [2.75, 3.05) is 52.5 Å². The second kappa shape index (κ2) is 8.95. The highest BCUT2D eigenvalue weighted by Gasteiger charge is 2.22. The van der Waals surface area contributed by atoms with Crippen LogP contribution in [0.4, 0.5) is 4.79 Å². The first kappa shape index (κ1) is 17.0. The largest absolute Gasteiger partial charge is 0.450 e. The minimum Gasteiger partial charge on any atom is -0.450 e. The molecular weight excluding hydrogens is 286 g/mol. The number of ether oxygens (including phenoxy) is 2. The molecule has 0 aliphatic carbocycles. The lowest BCUT2D eigenvalue weighted by molar-refractivity contribution is -0.122. The van der Waals surface area contributed by atoms with E-state index in [2.05, 4.69) is 10.2 Å². The van der Waals surface area contributed by atoms with Crippen LogP contribution in [0.25, 0.3) is 0 Å². The van der Waals surface area contributed by atoms with Crippen LogP contribution in [0.3, 0.4) is 0 Å². The summed E-state index contributed by atoms with van der Waals surface area (Å²) in [5.41, 5.74) is 0. The fraction of sp³-hybridized carbons (Fsp3) is 0.867. The topological polar surface area (TPSA) is 71.1 Å². The average Bonchev–Trinajstić information content (AvgIpc) is 3.05. The van der Waals surface area contributed by atoms with Crippen LogP contribution in [0.2, 0.25) is 0 Å². The summed E-state index contributed by atoms with van der Waals surface area (Å²) in [6.45, 7) is 7.28. The lowest BCUT2D eigenvalue weighted by Crippen LogP contribution is -2.49. The van der Waals surface area contributed by atoms with E-state index < -0.39 is 0 Å². The molecule has 0 spiro atoms. The van der Waals surface area contributed by atoms with Crippen molar-refractivity contribution >= 4 is 12.0 Å². The van der Waals surface area contributed by atoms with E-state index >= 15 is 0 Å². The predicted molar refractivity (Wildman–Crippen MR) is 81.6 cm³/mol. The predicted octanol–water partition coefficient (Wildman–Crippen LogP) is 0.446. The highest BCUT2D eigenvalue weighted by molar-refractivity contribution is 5.76. The van der Waals surface area contributed by atoms with Gasteiger partial charge in [-0.3, -0.25) is 9.69 Å². The lowest BCUT2D eigenvalue weighted by Gasteiger charge is -2.33. The SMILES string of the molecule is CCOC(=O)N1CCN(CCC(=O)NCC2CCCO2)CC1. The molecule has 2 fully saturated rings. The number of amides is 2. The van der Waals surface area contributed by atoms with Gasteiger partial charge in [0.1, 0.15) is 0 Å². The Hall–Kier alpha value is -1.34. The molecule has 126 valence electrons. The van der Waals surface area contributed by atoms with Gasteiger partial charge in [0, 0.05) is 52.3 Å². The van der Waals surface area contributed by atoms with E-state index in [-0.39, 0.29) is 18.1 Å². The molecule has 2 heterocycles. The molecule has 0 aromatic rings. The smallest absolute Gasteiger partial charge is 0.409 e. The minimum absolute atomic E-state index is 0.0725. The number of rotatable bonds is 6. The van der Waals surface area contributed by atoms with E-state index in [4.69, 9.17) is 9.47 Å². The molecule has 2 amide bonds. The molecule has 0 aromatic carbocycles. The van der Waals surface area contributed by atoms with Crippen LogP contribution in [0.1, 0.15) is 26.2 Å². The van der Waals surface area contributed by atoms with Crippen molar-refractivity contribution in [1.29, 1.82) is 0 Å². The van der Waals surface area contributed by atoms with Gasteiger partial charge in [-0.25, -0.2) is 4.79 Å². The second-order valence-electron chi connectivity index (χ2n) is 5.72. The lowest BCUT2D eigenvalue weighted by atomic mass is 10.2. The second-order valence-corrected chi connectivity index (χ2v) is 5.72. The van der Waals surface area contributed by atoms with Crippen molar-refractivity contribution in [3.05, 3.63) is 0 Å². The molecule has 7 heteroatoms. The Morgan fingerprint density at radius 3 is 2.68 bits per heavy atom. The number of hydrogen-bond donors (Lipinski definition) is 1. The van der Waals surface area contributed by atoms with Gasteiger partial charge in [-0.15, -0.1) is 0 Å². The zero-order valence-electron chi connectivity index (χ0n) is 13.4. The van der Waals surface area contributed by atoms with E-state index in [1.165, 1.54) is 0 Å². The quantitative estimate of drug-likeness (QED) is 0.771. The van der Waals surface area contributed by atoms with E-state index in [0.29, 0.717) is 32.7 Å². The van der Waals surface area contributed by atoms with Crippen molar-refractivity contribution < 1.29 is 19.1 Å². The first-order chi connectivity index (χ1) is 10.7. The maximum Gasteiger partial charge on any atom is 0.409 e. The highest BCUT2D eigenvalue weighted by Crippen LogP contribution is 2.10. The zero-order valence-corrected chi connectivity index (χ0v) is 13.4. The van der Waals surface area contributed by atoms with Crippen LogP contribution in [-0.4, -0.2) is 80.4 Å². The van der Waals surface area contributed by atoms with Gasteiger partial charge in [0.05, 0.1) is 12.7 Å². The number of nitrogens with zero attached hydrogens (tertiary/aromatic N) is 2. The number of piperazine rings is 1. The van der Waals surface area contributed by atoms with Gasteiger partial charge in [0.15, 0.2) is 0 Å². The van der Waals surface area contributed by atoms with Crippen LogP contribution in [0.5, 0.6) is 0 Å². The molecule has 22 heavy (non-hydrogen) atoms. The zero-order chi connectivity index (χ0) is 15.8. The van der Waals surface area contributed by atoms with Gasteiger partial charge in [0.25, 0.3) is 0 Å². The molecule has 1 N–H and O–H groups in total. The van der Waals surface area contributed by atoms with Crippen molar-refractivity contribution in [3.8, 4) is 0 Å². The Labute approximate surface area is 131 Å². The standard InChI is InChI=1S/C15H27N3O4/c1-2-21-15(20)18-9-7-17(8-10-18)6-5-14(19)16-12-13-4-3-11-22-13/h13H,2-12H2,1H3,(H,16,19). The summed E-state index contributed by atoms with van der Waals surface area (Å²) < 4.78 is 10.5. The Morgan fingerprint density at radius 2 is 2.05 bits per heavy atom. The van der Waals surface area contributed by atoms with Gasteiger partial charge in [0.2, 0.25) is 5.91 Å². The average molecular weight is 313 g/mol. The van der Waals surface area contributed by atoms with Crippen molar-refractivity contribution in [3.63, 3.8) is 0 Å². The van der Waals surface area contributed by atoms with Crippen LogP contribution < -0.4 is 5.32 Å². The molecule has 1 unspecified atom stereocenters. The van der Waals surface area contributed by atoms with E-state index in [1.54, 1.807) is 4.90 Å². The molecule has 7 nitrogen and oxygen atoms in total. The molecule has 2 saturated heterocycles. The van der Waals surface area contributed by atoms with Crippen molar-refractivity contribution in [2.24, 2.45) is 0 Å². The third-order valence-electron chi connectivity index (χ3n) is 4.10. The van der Waals surface area contributed by atoms with Crippen molar-refractivity contribution in [1.82, 2.24) is 15.1 Å². The number of carbonyl (C=O) groups excluding carboxylic acids is 2. The maximum absolute atomic E-state index is 11.8. The van der Waals surface area contributed by atoms with Gasteiger partial charge in [-0.2, -0.15) is 0 Å². The summed E-state index contributed by atoms with van der Waals surface area (Å²) in [6, 6.07) is 0. The highest BCUT2D eigenvalue weighted by atomic mass is 16.6. The first-order valence-electron chi connectivity index (χ1n) is 8.21. The normalized spacial score (nSPS) is 22.6. The monoisotopic (exact) mass is 313 g/mol. The molecule has 1 atom stereocenters. The molecule has 0 bridgehead atoms. The maximum atomic E-state index is 11.8. The fourth-order valence-electron chi connectivity index (χ4n) is 2.75. The Morgan fingerprint density at radius 1 is 1.27 bits per heavy atom. The van der Waals surface area contributed by atoms with Crippen LogP contribution in [-0.2, 0) is 14.3 Å². The number of carbonyl (C=O) groups is 2. The molecule has 0 radical (unpaired) electrons. The third-order valence-corrected chi connectivity index (χ3v) is 4.10. The molecule has 0 aromatic heterocycles. The van der Waals surface area contributed by atoms with Crippen molar-refractivity contribution in [2.45, 2.75) is 32.3 Å². The molecule has 2 aliphatic rings. The summed E-state index contributed by atoms with van der Waals surface area (Å²) in [5.74, 6) is 0.0725. The molecule has 2 rings (SSSR count). The van der Waals surface area contributed by atoms with Crippen LogP contribution >= 0.6 is 0 Å². The summed E-state index contributed by atoms with van der Waals surface area (Å²) >= 11 is 0. The van der Waals surface area contributed by atoms with E-state index in [0.717, 1.165) is 39.1 Å². The Kier molecular flexibility index (Phi) is 6.92. The summed E-state index contributed by atoms with van der Waals surface area (Å²) in [4.78, 5) is 27.3. The Bertz CT molecular complexity index is 364. The van der Waals surface area contributed by atoms with E-state index in [9.17, 15) is 9.59 Å². The van der Waals surface area contributed by atoms with Crippen LogP contribution in [0, 0.1) is 0 Å². The van der Waals surface area contributed by atoms with Gasteiger partial charge in [-0.1, -0.05) is 0 Å². The van der Waals surface area contributed by atoms with Gasteiger partial charge in [-0.05, 0) is 19.8 Å². The number of nitrogens with one attached hydrogen (secondary N) is 1. The van der Waals surface area contributed by atoms with E-state index in [1.807, 2.05) is 6.92 Å². The van der Waals surface area contributed by atoms with Gasteiger partial charge >= 0.3 is 6.09 Å². The fourth-order valence-corrected chi connectivity index (χ4v) is 2.75. The van der Waals surface area contributed by atoms with Crippen LogP contribution in [0.15, 0.2) is 0 Å². The molecule has 2 aliphatic heterocycles. The third kappa shape index (κ3) is 5.46. The Balaban J connectivity index is 1.56.